The molecule has 0 radical (unpaired) electrons. The van der Waals surface area contributed by atoms with Crippen LogP contribution in [0.5, 0.6) is 0 Å². The maximum atomic E-state index is 3.41. The molecule has 3 heteroatoms. The summed E-state index contributed by atoms with van der Waals surface area (Å²) in [4.78, 5) is 2.37. The highest BCUT2D eigenvalue weighted by atomic mass is 35.5. The van der Waals surface area contributed by atoms with Crippen LogP contribution in [0.25, 0.3) is 0 Å². The van der Waals surface area contributed by atoms with Crippen LogP contribution < -0.4 is 10.2 Å². The maximum Gasteiger partial charge on any atom is 0.0363 e. The van der Waals surface area contributed by atoms with E-state index < -0.39 is 0 Å². The molecule has 0 aromatic heterocycles. The van der Waals surface area contributed by atoms with Crippen LogP contribution in [-0.4, -0.2) is 26.7 Å². The smallest absolute Gasteiger partial charge is 0.0363 e. The molecule has 0 spiro atoms. The standard InChI is InChI=1S/C13H20N2.ClH/c1-15(13-5-3-2-4-6-13)11-12-7-9-14-10-8-12;/h2-6,12,14H,7-11H2,1H3;1H. The molecule has 90 valence electrons. The molecule has 2 nitrogen and oxygen atoms in total. The zero-order valence-electron chi connectivity index (χ0n) is 9.86. The van der Waals surface area contributed by atoms with E-state index in [0.29, 0.717) is 0 Å². The van der Waals surface area contributed by atoms with Crippen LogP contribution in [0.4, 0.5) is 5.69 Å². The van der Waals surface area contributed by atoms with Gasteiger partial charge in [-0.25, -0.2) is 0 Å². The third-order valence-corrected chi connectivity index (χ3v) is 3.19. The molecule has 1 N–H and O–H groups in total. The van der Waals surface area contributed by atoms with E-state index >= 15 is 0 Å². The molecule has 0 amide bonds. The number of anilines is 1. The highest BCUT2D eigenvalue weighted by Gasteiger charge is 2.14. The second kappa shape index (κ2) is 6.77. The van der Waals surface area contributed by atoms with Crippen LogP contribution in [0.15, 0.2) is 30.3 Å². The molecule has 1 aliphatic heterocycles. The minimum Gasteiger partial charge on any atom is -0.374 e. The summed E-state index contributed by atoms with van der Waals surface area (Å²) in [5.74, 6) is 0.858. The summed E-state index contributed by atoms with van der Waals surface area (Å²) in [6, 6.07) is 10.6. The third kappa shape index (κ3) is 3.69. The average Bonchev–Trinajstić information content (AvgIpc) is 2.31. The van der Waals surface area contributed by atoms with Crippen LogP contribution in [-0.2, 0) is 0 Å². The van der Waals surface area contributed by atoms with Gasteiger partial charge in [0.1, 0.15) is 0 Å². The fourth-order valence-corrected chi connectivity index (χ4v) is 2.24. The molecule has 1 aromatic rings. The Morgan fingerprint density at radius 2 is 1.81 bits per heavy atom. The first-order chi connectivity index (χ1) is 7.36. The van der Waals surface area contributed by atoms with Gasteiger partial charge in [-0.05, 0) is 44.0 Å². The Hall–Kier alpha value is -0.730. The molecule has 1 aromatic carbocycles. The summed E-state index contributed by atoms with van der Waals surface area (Å²) in [7, 11) is 2.19. The van der Waals surface area contributed by atoms with Crippen LogP contribution >= 0.6 is 12.4 Å². The number of nitrogens with one attached hydrogen (secondary N) is 1. The summed E-state index contributed by atoms with van der Waals surface area (Å²) in [5.41, 5.74) is 1.33. The molecule has 0 aliphatic carbocycles. The van der Waals surface area contributed by atoms with Crippen molar-refractivity contribution in [3.63, 3.8) is 0 Å². The molecule has 0 saturated carbocycles. The SMILES string of the molecule is CN(CC1CCNCC1)c1ccccc1.Cl. The van der Waals surface area contributed by atoms with Crippen molar-refractivity contribution < 1.29 is 0 Å². The van der Waals surface area contributed by atoms with Crippen molar-refractivity contribution in [3.05, 3.63) is 30.3 Å². The zero-order chi connectivity index (χ0) is 10.5. The Kier molecular flexibility index (Phi) is 5.64. The monoisotopic (exact) mass is 240 g/mol. The summed E-state index contributed by atoms with van der Waals surface area (Å²) < 4.78 is 0. The Bertz CT molecular complexity index is 283. The second-order valence-corrected chi connectivity index (χ2v) is 4.41. The first kappa shape index (κ1) is 13.3. The number of piperidine rings is 1. The fourth-order valence-electron chi connectivity index (χ4n) is 2.24. The van der Waals surface area contributed by atoms with E-state index in [9.17, 15) is 0 Å². The minimum atomic E-state index is 0. The van der Waals surface area contributed by atoms with Gasteiger partial charge in [0.2, 0.25) is 0 Å². The van der Waals surface area contributed by atoms with Crippen molar-refractivity contribution in [2.24, 2.45) is 5.92 Å². The van der Waals surface area contributed by atoms with E-state index in [2.05, 4.69) is 47.6 Å². The fraction of sp³-hybridized carbons (Fsp3) is 0.538. The van der Waals surface area contributed by atoms with Gasteiger partial charge < -0.3 is 10.2 Å². The van der Waals surface area contributed by atoms with Gasteiger partial charge in [-0.2, -0.15) is 0 Å². The molecule has 1 saturated heterocycles. The molecule has 16 heavy (non-hydrogen) atoms. The van der Waals surface area contributed by atoms with Crippen molar-refractivity contribution in [2.45, 2.75) is 12.8 Å². The lowest BCUT2D eigenvalue weighted by Crippen LogP contribution is -2.34. The van der Waals surface area contributed by atoms with Crippen molar-refractivity contribution in [3.8, 4) is 0 Å². The van der Waals surface area contributed by atoms with Crippen molar-refractivity contribution in [1.82, 2.24) is 5.32 Å². The van der Waals surface area contributed by atoms with E-state index in [0.717, 1.165) is 5.92 Å². The lowest BCUT2D eigenvalue weighted by atomic mass is 9.97. The quantitative estimate of drug-likeness (QED) is 0.874. The molecule has 0 unspecified atom stereocenters. The van der Waals surface area contributed by atoms with Crippen LogP contribution in [0.2, 0.25) is 0 Å². The van der Waals surface area contributed by atoms with Gasteiger partial charge in [0.05, 0.1) is 0 Å². The summed E-state index contributed by atoms with van der Waals surface area (Å²) in [6.45, 7) is 3.56. The zero-order valence-corrected chi connectivity index (χ0v) is 10.7. The van der Waals surface area contributed by atoms with Gasteiger partial charge in [0.25, 0.3) is 0 Å². The van der Waals surface area contributed by atoms with Crippen LogP contribution in [0, 0.1) is 5.92 Å². The summed E-state index contributed by atoms with van der Waals surface area (Å²) in [5, 5.41) is 3.41. The number of para-hydroxylation sites is 1. The van der Waals surface area contributed by atoms with E-state index in [1.165, 1.54) is 38.2 Å². The van der Waals surface area contributed by atoms with Crippen molar-refractivity contribution in [2.75, 3.05) is 31.6 Å². The van der Waals surface area contributed by atoms with Gasteiger partial charge in [-0.15, -0.1) is 12.4 Å². The molecular formula is C13H21ClN2. The normalized spacial score (nSPS) is 16.6. The predicted octanol–water partition coefficient (Wildman–Crippen LogP) is 2.54. The van der Waals surface area contributed by atoms with Crippen molar-refractivity contribution >= 4 is 18.1 Å². The maximum absolute atomic E-state index is 3.41. The molecule has 0 bridgehead atoms. The number of hydrogen-bond acceptors (Lipinski definition) is 2. The van der Waals surface area contributed by atoms with Gasteiger partial charge >= 0.3 is 0 Å². The third-order valence-electron chi connectivity index (χ3n) is 3.19. The number of nitrogens with zero attached hydrogens (tertiary/aromatic N) is 1. The van der Waals surface area contributed by atoms with E-state index in [-0.39, 0.29) is 12.4 Å². The van der Waals surface area contributed by atoms with Gasteiger partial charge in [-0.3, -0.25) is 0 Å². The average molecular weight is 241 g/mol. The van der Waals surface area contributed by atoms with E-state index in [1.807, 2.05) is 0 Å². The molecule has 1 fully saturated rings. The first-order valence-corrected chi connectivity index (χ1v) is 5.83. The number of rotatable bonds is 3. The second-order valence-electron chi connectivity index (χ2n) is 4.41. The Balaban J connectivity index is 0.00000128. The topological polar surface area (TPSA) is 15.3 Å². The van der Waals surface area contributed by atoms with E-state index in [1.54, 1.807) is 0 Å². The summed E-state index contributed by atoms with van der Waals surface area (Å²) >= 11 is 0. The van der Waals surface area contributed by atoms with Gasteiger partial charge in [-0.1, -0.05) is 18.2 Å². The molecule has 1 aliphatic rings. The number of benzene rings is 1. The first-order valence-electron chi connectivity index (χ1n) is 5.83. The predicted molar refractivity (Wildman–Crippen MR) is 72.6 cm³/mol. The highest BCUT2D eigenvalue weighted by Crippen LogP contribution is 2.17. The molecular weight excluding hydrogens is 220 g/mol. The molecule has 2 rings (SSSR count). The van der Waals surface area contributed by atoms with Gasteiger partial charge in [0.15, 0.2) is 0 Å². The van der Waals surface area contributed by atoms with E-state index in [4.69, 9.17) is 0 Å². The minimum absolute atomic E-state index is 0. The Labute approximate surface area is 104 Å². The summed E-state index contributed by atoms with van der Waals surface area (Å²) in [6.07, 6.45) is 2.63. The largest absolute Gasteiger partial charge is 0.374 e. The van der Waals surface area contributed by atoms with Crippen molar-refractivity contribution in [1.29, 1.82) is 0 Å². The van der Waals surface area contributed by atoms with Crippen LogP contribution in [0.1, 0.15) is 12.8 Å². The Morgan fingerprint density at radius 1 is 1.19 bits per heavy atom. The molecule has 0 atom stereocenters. The lowest BCUT2D eigenvalue weighted by Gasteiger charge is -2.28. The van der Waals surface area contributed by atoms with Gasteiger partial charge in [0, 0.05) is 19.3 Å². The molecule has 1 heterocycles. The highest BCUT2D eigenvalue weighted by molar-refractivity contribution is 5.85. The number of halogens is 1. The Morgan fingerprint density at radius 3 is 2.44 bits per heavy atom. The van der Waals surface area contributed by atoms with Crippen LogP contribution in [0.3, 0.4) is 0 Å². The lowest BCUT2D eigenvalue weighted by molar-refractivity contribution is 0.378. The number of hydrogen-bond donors (Lipinski definition) is 1.